The van der Waals surface area contributed by atoms with Crippen LogP contribution in [0.4, 0.5) is 36.4 Å². The summed E-state index contributed by atoms with van der Waals surface area (Å²) in [5.41, 5.74) is -2.95. The third-order valence-corrected chi connectivity index (χ3v) is 3.88. The van der Waals surface area contributed by atoms with Gasteiger partial charge in [-0.3, -0.25) is 9.48 Å². The molecule has 0 atom stereocenters. The summed E-state index contributed by atoms with van der Waals surface area (Å²) < 4.78 is 96.8. The zero-order valence-corrected chi connectivity index (χ0v) is 15.1. The first-order chi connectivity index (χ1) is 13.8. The van der Waals surface area contributed by atoms with Crippen LogP contribution in [0.3, 0.4) is 0 Å². The van der Waals surface area contributed by atoms with E-state index in [-0.39, 0.29) is 16.9 Å². The van der Waals surface area contributed by atoms with Crippen molar-refractivity contribution < 1.29 is 39.9 Å². The summed E-state index contributed by atoms with van der Waals surface area (Å²) in [6.45, 7) is 1.11. The van der Waals surface area contributed by atoms with E-state index in [1.807, 2.05) is 5.32 Å². The first kappa shape index (κ1) is 21.3. The van der Waals surface area contributed by atoms with Crippen LogP contribution in [-0.4, -0.2) is 20.7 Å². The average Bonchev–Trinajstić information content (AvgIpc) is 3.18. The molecule has 13 heteroatoms. The molecule has 0 unspecified atom stereocenters. The second-order valence-electron chi connectivity index (χ2n) is 6.09. The Balaban J connectivity index is 1.89. The fraction of sp³-hybridized carbons (Fsp3) is 0.235. The molecule has 0 fully saturated rings. The van der Waals surface area contributed by atoms with Crippen molar-refractivity contribution in [3.63, 3.8) is 0 Å². The molecule has 0 aliphatic carbocycles. The van der Waals surface area contributed by atoms with Gasteiger partial charge in [-0.1, -0.05) is 0 Å². The second-order valence-corrected chi connectivity index (χ2v) is 6.09. The predicted octanol–water partition coefficient (Wildman–Crippen LogP) is 4.81. The molecule has 3 rings (SSSR count). The molecular formula is C17H11F7N4O2. The van der Waals surface area contributed by atoms with Crippen LogP contribution < -0.4 is 5.32 Å². The number of anilines is 1. The number of hydrogen-bond acceptors (Lipinski definition) is 4. The van der Waals surface area contributed by atoms with Gasteiger partial charge in [-0.05, 0) is 24.3 Å². The van der Waals surface area contributed by atoms with E-state index in [9.17, 15) is 35.5 Å². The third-order valence-electron chi connectivity index (χ3n) is 3.88. The van der Waals surface area contributed by atoms with E-state index in [0.29, 0.717) is 6.07 Å². The summed E-state index contributed by atoms with van der Waals surface area (Å²) in [6, 6.07) is 3.55. The van der Waals surface area contributed by atoms with Gasteiger partial charge in [0.2, 0.25) is 5.76 Å². The van der Waals surface area contributed by atoms with Crippen molar-refractivity contribution in [3.05, 3.63) is 53.1 Å². The van der Waals surface area contributed by atoms with Crippen molar-refractivity contribution in [1.29, 1.82) is 0 Å². The Labute approximate surface area is 163 Å². The number of carbonyl (C=O) groups excluding carboxylic acids is 1. The van der Waals surface area contributed by atoms with Gasteiger partial charge >= 0.3 is 12.4 Å². The zero-order chi connectivity index (χ0) is 22.4. The number of nitrogens with one attached hydrogen (secondary N) is 1. The Hall–Kier alpha value is -3.38. The maximum absolute atomic E-state index is 14.5. The summed E-state index contributed by atoms with van der Waals surface area (Å²) in [5.74, 6) is -4.34. The van der Waals surface area contributed by atoms with Crippen molar-refractivity contribution in [1.82, 2.24) is 14.8 Å². The Morgan fingerprint density at radius 2 is 1.77 bits per heavy atom. The van der Waals surface area contributed by atoms with E-state index in [1.165, 1.54) is 7.05 Å². The van der Waals surface area contributed by atoms with Crippen LogP contribution in [0.1, 0.15) is 27.8 Å². The number of halogens is 7. The van der Waals surface area contributed by atoms with E-state index in [0.717, 1.165) is 29.8 Å². The number of aromatic nitrogens is 3. The number of amides is 1. The Kier molecular flexibility index (Phi) is 5.08. The highest BCUT2D eigenvalue weighted by atomic mass is 19.4. The summed E-state index contributed by atoms with van der Waals surface area (Å²) in [4.78, 5) is 15.5. The van der Waals surface area contributed by atoms with Crippen molar-refractivity contribution in [2.75, 3.05) is 5.32 Å². The minimum atomic E-state index is -4.97. The molecule has 0 aliphatic rings. The molecule has 2 aromatic heterocycles. The molecule has 160 valence electrons. The maximum atomic E-state index is 14.5. The molecule has 0 saturated carbocycles. The lowest BCUT2D eigenvalue weighted by Gasteiger charge is -2.09. The number of oxazole rings is 1. The molecule has 1 N–H and O–H groups in total. The minimum absolute atomic E-state index is 0.191. The minimum Gasteiger partial charge on any atom is -0.436 e. The lowest BCUT2D eigenvalue weighted by molar-refractivity contribution is -0.153. The zero-order valence-electron chi connectivity index (χ0n) is 15.1. The van der Waals surface area contributed by atoms with E-state index in [1.54, 1.807) is 0 Å². The fourth-order valence-corrected chi connectivity index (χ4v) is 2.62. The Morgan fingerprint density at radius 1 is 1.10 bits per heavy atom. The topological polar surface area (TPSA) is 73.0 Å². The second kappa shape index (κ2) is 7.15. The van der Waals surface area contributed by atoms with Crippen molar-refractivity contribution in [2.24, 2.45) is 7.05 Å². The maximum Gasteiger partial charge on any atom is 0.452 e. The number of rotatable bonds is 3. The molecule has 6 nitrogen and oxygen atoms in total. The number of carbonyl (C=O) groups is 1. The normalized spacial score (nSPS) is 12.3. The van der Waals surface area contributed by atoms with Crippen LogP contribution in [-0.2, 0) is 19.4 Å². The average molecular weight is 436 g/mol. The molecule has 3 aromatic rings. The van der Waals surface area contributed by atoms with Gasteiger partial charge in [-0.25, -0.2) is 9.37 Å². The summed E-state index contributed by atoms with van der Waals surface area (Å²) >= 11 is 0. The third kappa shape index (κ3) is 4.14. The van der Waals surface area contributed by atoms with Crippen molar-refractivity contribution >= 4 is 11.6 Å². The lowest BCUT2D eigenvalue weighted by atomic mass is 10.1. The van der Waals surface area contributed by atoms with Gasteiger partial charge in [0.25, 0.3) is 5.91 Å². The van der Waals surface area contributed by atoms with E-state index >= 15 is 0 Å². The molecule has 2 heterocycles. The quantitative estimate of drug-likeness (QED) is 0.598. The van der Waals surface area contributed by atoms with Gasteiger partial charge in [-0.2, -0.15) is 31.4 Å². The number of benzene rings is 1. The fourth-order valence-electron chi connectivity index (χ4n) is 2.62. The summed E-state index contributed by atoms with van der Waals surface area (Å²) in [5, 5.41) is 5.32. The van der Waals surface area contributed by atoms with Gasteiger partial charge in [0.15, 0.2) is 17.3 Å². The van der Waals surface area contributed by atoms with Gasteiger partial charge in [0.1, 0.15) is 5.82 Å². The predicted molar refractivity (Wildman–Crippen MR) is 87.8 cm³/mol. The lowest BCUT2D eigenvalue weighted by Crippen LogP contribution is -2.18. The number of aryl methyl sites for hydroxylation is 2. The first-order valence-corrected chi connectivity index (χ1v) is 8.04. The van der Waals surface area contributed by atoms with Crippen molar-refractivity contribution in [2.45, 2.75) is 19.3 Å². The highest BCUT2D eigenvalue weighted by Gasteiger charge is 2.41. The number of alkyl halides is 6. The van der Waals surface area contributed by atoms with E-state index < -0.39 is 47.1 Å². The van der Waals surface area contributed by atoms with Gasteiger partial charge in [-0.15, -0.1) is 0 Å². The number of nitrogens with zero attached hydrogens (tertiary/aromatic N) is 3. The van der Waals surface area contributed by atoms with Gasteiger partial charge < -0.3 is 9.73 Å². The highest BCUT2D eigenvalue weighted by molar-refractivity contribution is 6.03. The van der Waals surface area contributed by atoms with E-state index in [4.69, 9.17) is 0 Å². The SMILES string of the molecule is Cc1nc(C(=O)Nc2ccc(-c3cc(C(F)(F)F)nn3C)c(F)c2)c(C(F)(F)F)o1. The summed E-state index contributed by atoms with van der Waals surface area (Å²) in [6.07, 6.45) is -9.70. The molecule has 0 spiro atoms. The molecular weight excluding hydrogens is 425 g/mol. The number of hydrogen-bond donors (Lipinski definition) is 1. The van der Waals surface area contributed by atoms with Crippen LogP contribution in [0, 0.1) is 12.7 Å². The smallest absolute Gasteiger partial charge is 0.436 e. The van der Waals surface area contributed by atoms with E-state index in [2.05, 4.69) is 14.5 Å². The van der Waals surface area contributed by atoms with Crippen LogP contribution in [0.25, 0.3) is 11.3 Å². The monoisotopic (exact) mass is 436 g/mol. The Morgan fingerprint density at radius 3 is 2.30 bits per heavy atom. The summed E-state index contributed by atoms with van der Waals surface area (Å²) in [7, 11) is 1.19. The molecule has 0 saturated heterocycles. The van der Waals surface area contributed by atoms with Crippen molar-refractivity contribution in [3.8, 4) is 11.3 Å². The van der Waals surface area contributed by atoms with Gasteiger partial charge in [0, 0.05) is 25.2 Å². The first-order valence-electron chi connectivity index (χ1n) is 8.04. The standard InChI is InChI=1S/C17H11F7N4O2/c1-7-25-13(14(30-7)17(22,23)24)15(29)26-8-3-4-9(10(18)5-8)11-6-12(16(19,20)21)27-28(11)2/h3-6H,1-2H3,(H,26,29). The molecule has 1 aromatic carbocycles. The molecule has 1 amide bonds. The largest absolute Gasteiger partial charge is 0.452 e. The Bertz CT molecular complexity index is 1110. The molecule has 0 radical (unpaired) electrons. The van der Waals surface area contributed by atoms with Crippen LogP contribution >= 0.6 is 0 Å². The molecule has 0 aliphatic heterocycles. The van der Waals surface area contributed by atoms with Gasteiger partial charge in [0.05, 0.1) is 5.69 Å². The highest BCUT2D eigenvalue weighted by Crippen LogP contribution is 2.34. The van der Waals surface area contributed by atoms with Crippen LogP contribution in [0.2, 0.25) is 0 Å². The molecule has 0 bridgehead atoms. The van der Waals surface area contributed by atoms with Crippen LogP contribution in [0.5, 0.6) is 0 Å². The molecule has 30 heavy (non-hydrogen) atoms. The van der Waals surface area contributed by atoms with Crippen LogP contribution in [0.15, 0.2) is 28.7 Å².